The van der Waals surface area contributed by atoms with Crippen molar-refractivity contribution in [3.63, 3.8) is 0 Å². The van der Waals surface area contributed by atoms with Gasteiger partial charge in [0, 0.05) is 51.6 Å². The highest BCUT2D eigenvalue weighted by Gasteiger charge is 2.44. The van der Waals surface area contributed by atoms with Crippen molar-refractivity contribution in [2.24, 2.45) is 33.7 Å². The fraction of sp³-hybridized carbons (Fsp3) is 0.941. The molecule has 10 atom stereocenters. The average Bonchev–Trinajstić information content (AvgIpc) is 2.94. The van der Waals surface area contributed by atoms with Gasteiger partial charge in [-0.25, -0.2) is 0 Å². The first-order valence-electron chi connectivity index (χ1n) is 17.4. The molecule has 9 heteroatoms. The smallest absolute Gasteiger partial charge is 0.183 e. The SMILES string of the molecule is CCC1C(Cl)CC(Cl)C(CC)C1N=C(C)C1CCCC(C(CCCO[Si](C)(C)C)=NC2C(CC)C(Cl)CC(Cl)C2CC)N1. The fourth-order valence-corrected chi connectivity index (χ4v) is 11.0. The molecular formula is C34H61Cl4N3OSi. The highest BCUT2D eigenvalue weighted by atomic mass is 35.5. The van der Waals surface area contributed by atoms with E-state index in [2.05, 4.69) is 59.6 Å². The Morgan fingerprint density at radius 3 is 1.60 bits per heavy atom. The Kier molecular flexibility index (Phi) is 15.7. The van der Waals surface area contributed by atoms with Gasteiger partial charge in [-0.05, 0) is 121 Å². The molecule has 0 aromatic rings. The summed E-state index contributed by atoms with van der Waals surface area (Å²) in [5, 5.41) is 4.37. The number of piperidine rings is 1. The molecule has 0 aromatic heterocycles. The summed E-state index contributed by atoms with van der Waals surface area (Å²) in [5.74, 6) is 1.45. The highest BCUT2D eigenvalue weighted by Crippen LogP contribution is 2.43. The summed E-state index contributed by atoms with van der Waals surface area (Å²) in [6.07, 6.45) is 11.2. The highest BCUT2D eigenvalue weighted by molar-refractivity contribution is 6.69. The van der Waals surface area contributed by atoms with E-state index < -0.39 is 8.32 Å². The van der Waals surface area contributed by atoms with E-state index in [0.29, 0.717) is 23.7 Å². The molecule has 0 spiro atoms. The van der Waals surface area contributed by atoms with Crippen LogP contribution in [-0.2, 0) is 4.43 Å². The maximum Gasteiger partial charge on any atom is 0.183 e. The lowest BCUT2D eigenvalue weighted by Crippen LogP contribution is -2.52. The number of alkyl halides is 4. The number of aliphatic imine (C=N–C) groups is 2. The number of nitrogens with one attached hydrogen (secondary N) is 1. The van der Waals surface area contributed by atoms with Crippen LogP contribution in [0.4, 0.5) is 0 Å². The average molecular weight is 698 g/mol. The Hall–Kier alpha value is 0.637. The van der Waals surface area contributed by atoms with Crippen LogP contribution in [0.1, 0.15) is 105 Å². The first-order valence-corrected chi connectivity index (χ1v) is 22.6. The molecule has 0 radical (unpaired) electrons. The van der Waals surface area contributed by atoms with Crippen LogP contribution in [-0.4, -0.2) is 72.0 Å². The van der Waals surface area contributed by atoms with Gasteiger partial charge in [0.25, 0.3) is 0 Å². The predicted molar refractivity (Wildman–Crippen MR) is 194 cm³/mol. The minimum atomic E-state index is -1.56. The van der Waals surface area contributed by atoms with E-state index in [0.717, 1.165) is 77.2 Å². The van der Waals surface area contributed by atoms with Crippen LogP contribution >= 0.6 is 46.4 Å². The first kappa shape index (κ1) is 38.1. The van der Waals surface area contributed by atoms with E-state index in [1.165, 1.54) is 11.4 Å². The van der Waals surface area contributed by atoms with Crippen LogP contribution in [0, 0.1) is 23.7 Å². The van der Waals surface area contributed by atoms with Gasteiger partial charge in [0.05, 0.1) is 12.1 Å². The molecular weight excluding hydrogens is 636 g/mol. The van der Waals surface area contributed by atoms with Crippen LogP contribution in [0.25, 0.3) is 0 Å². The molecule has 0 aromatic carbocycles. The molecule has 1 aliphatic heterocycles. The van der Waals surface area contributed by atoms with Crippen LogP contribution in [0.2, 0.25) is 19.6 Å². The number of hydrogen-bond donors (Lipinski definition) is 1. The lowest BCUT2D eigenvalue weighted by atomic mass is 9.74. The summed E-state index contributed by atoms with van der Waals surface area (Å²) in [6.45, 7) is 18.8. The third-order valence-electron chi connectivity index (χ3n) is 10.5. The molecule has 2 aliphatic carbocycles. The van der Waals surface area contributed by atoms with Crippen molar-refractivity contribution in [3.05, 3.63) is 0 Å². The number of halogens is 4. The summed E-state index contributed by atoms with van der Waals surface area (Å²) in [5.41, 5.74) is 2.48. The number of nitrogens with zero attached hydrogens (tertiary/aromatic N) is 2. The van der Waals surface area contributed by atoms with E-state index in [4.69, 9.17) is 60.8 Å². The van der Waals surface area contributed by atoms with Crippen molar-refractivity contribution in [1.29, 1.82) is 0 Å². The second-order valence-electron chi connectivity index (χ2n) is 14.5. The minimum absolute atomic E-state index is 0.0759. The molecule has 0 amide bonds. The van der Waals surface area contributed by atoms with Crippen molar-refractivity contribution in [3.8, 4) is 0 Å². The largest absolute Gasteiger partial charge is 0.418 e. The summed E-state index contributed by atoms with van der Waals surface area (Å²) in [4.78, 5) is 11.1. The standard InChI is InChI=1S/C34H61Cl4N3OSi/c1-9-22-26(35)19-27(36)23(10-2)33(22)39-21(5)30-15-13-16-31(40-30)32(17-14-18-42-43(6,7)8)41-34-24(11-3)28(37)20-29(38)25(34)12-4/h22-31,33-34,40H,9-20H2,1-8H3. The van der Waals surface area contributed by atoms with Gasteiger partial charge in [-0.2, -0.15) is 0 Å². The van der Waals surface area contributed by atoms with Crippen molar-refractivity contribution >= 4 is 66.1 Å². The molecule has 1 heterocycles. The minimum Gasteiger partial charge on any atom is -0.418 e. The van der Waals surface area contributed by atoms with Crippen LogP contribution in [0.3, 0.4) is 0 Å². The van der Waals surface area contributed by atoms with Gasteiger partial charge in [-0.15, -0.1) is 46.4 Å². The molecule has 250 valence electrons. The number of rotatable bonds is 13. The zero-order valence-corrected chi connectivity index (χ0v) is 32.3. The molecule has 1 N–H and O–H groups in total. The third-order valence-corrected chi connectivity index (χ3v) is 13.6. The molecule has 3 aliphatic rings. The Labute approximate surface area is 285 Å². The Morgan fingerprint density at radius 1 is 0.721 bits per heavy atom. The summed E-state index contributed by atoms with van der Waals surface area (Å²) in [6, 6.07) is 0.811. The molecule has 43 heavy (non-hydrogen) atoms. The van der Waals surface area contributed by atoms with E-state index >= 15 is 0 Å². The van der Waals surface area contributed by atoms with Gasteiger partial charge in [-0.1, -0.05) is 27.7 Å². The molecule has 3 fully saturated rings. The van der Waals surface area contributed by atoms with Crippen molar-refractivity contribution in [2.45, 2.75) is 171 Å². The molecule has 1 saturated heterocycles. The molecule has 4 nitrogen and oxygen atoms in total. The monoisotopic (exact) mass is 695 g/mol. The molecule has 2 saturated carbocycles. The van der Waals surface area contributed by atoms with E-state index in [1.807, 2.05) is 0 Å². The topological polar surface area (TPSA) is 46.0 Å². The predicted octanol–water partition coefficient (Wildman–Crippen LogP) is 10.1. The normalized spacial score (nSPS) is 40.1. The van der Waals surface area contributed by atoms with E-state index in [-0.39, 0.29) is 45.7 Å². The molecule has 0 bridgehead atoms. The van der Waals surface area contributed by atoms with Crippen molar-refractivity contribution < 1.29 is 4.43 Å². The van der Waals surface area contributed by atoms with Gasteiger partial charge >= 0.3 is 0 Å². The Balaban J connectivity index is 1.89. The summed E-state index contributed by atoms with van der Waals surface area (Å²) >= 11 is 27.6. The number of hydrogen-bond acceptors (Lipinski definition) is 4. The van der Waals surface area contributed by atoms with Gasteiger partial charge in [0.1, 0.15) is 0 Å². The van der Waals surface area contributed by atoms with Crippen LogP contribution in [0.15, 0.2) is 9.98 Å². The second-order valence-corrected chi connectivity index (χ2v) is 21.2. The maximum absolute atomic E-state index is 6.95. The quantitative estimate of drug-likeness (QED) is 0.0902. The Bertz CT molecular complexity index is 883. The lowest BCUT2D eigenvalue weighted by Gasteiger charge is -2.43. The van der Waals surface area contributed by atoms with Crippen molar-refractivity contribution in [2.75, 3.05) is 6.61 Å². The summed E-state index contributed by atoms with van der Waals surface area (Å²) < 4.78 is 6.26. The maximum atomic E-state index is 6.95. The van der Waals surface area contributed by atoms with Gasteiger partial charge < -0.3 is 9.74 Å². The summed E-state index contributed by atoms with van der Waals surface area (Å²) in [7, 11) is -1.56. The fourth-order valence-electron chi connectivity index (χ4n) is 8.00. The van der Waals surface area contributed by atoms with Crippen molar-refractivity contribution in [1.82, 2.24) is 5.32 Å². The zero-order chi connectivity index (χ0) is 31.9. The van der Waals surface area contributed by atoms with Gasteiger partial charge in [-0.3, -0.25) is 9.98 Å². The lowest BCUT2D eigenvalue weighted by molar-refractivity contribution is 0.219. The molecule has 3 rings (SSSR count). The van der Waals surface area contributed by atoms with Crippen LogP contribution in [0.5, 0.6) is 0 Å². The second kappa shape index (κ2) is 17.7. The Morgan fingerprint density at radius 2 is 1.16 bits per heavy atom. The van der Waals surface area contributed by atoms with Gasteiger partial charge in [0.2, 0.25) is 0 Å². The third kappa shape index (κ3) is 10.3. The van der Waals surface area contributed by atoms with E-state index in [1.54, 1.807) is 0 Å². The van der Waals surface area contributed by atoms with Gasteiger partial charge in [0.15, 0.2) is 8.32 Å². The first-order chi connectivity index (χ1) is 20.3. The zero-order valence-electron chi connectivity index (χ0n) is 28.2. The van der Waals surface area contributed by atoms with Crippen LogP contribution < -0.4 is 5.32 Å². The molecule has 10 unspecified atom stereocenters. The van der Waals surface area contributed by atoms with E-state index in [9.17, 15) is 0 Å².